The second kappa shape index (κ2) is 6.98. The number of hydrogen-bond donors (Lipinski definition) is 0. The maximum absolute atomic E-state index is 11.5. The van der Waals surface area contributed by atoms with Crippen LogP contribution in [-0.2, 0) is 4.79 Å². The second-order valence-electron chi connectivity index (χ2n) is 6.08. The fraction of sp³-hybridized carbons (Fsp3) is 0.812. The van der Waals surface area contributed by atoms with E-state index >= 15 is 0 Å². The Labute approximate surface area is 107 Å². The zero-order valence-electron chi connectivity index (χ0n) is 12.0. The predicted octanol–water partition coefficient (Wildman–Crippen LogP) is 4.76. The Kier molecular flexibility index (Phi) is 5.94. The van der Waals surface area contributed by atoms with Crippen molar-refractivity contribution < 1.29 is 4.79 Å². The third-order valence-electron chi connectivity index (χ3n) is 4.21. The van der Waals surface area contributed by atoms with Gasteiger partial charge in [0.15, 0.2) is 0 Å². The van der Waals surface area contributed by atoms with Crippen molar-refractivity contribution in [1.82, 2.24) is 0 Å². The number of carbonyl (C=O) groups excluding carboxylic acids is 1. The van der Waals surface area contributed by atoms with Gasteiger partial charge in [0.1, 0.15) is 5.78 Å². The van der Waals surface area contributed by atoms with Crippen LogP contribution in [0.1, 0.15) is 66.2 Å². The maximum atomic E-state index is 11.5. The molecule has 0 fully saturated rings. The van der Waals surface area contributed by atoms with E-state index in [1.165, 1.54) is 25.7 Å². The highest BCUT2D eigenvalue weighted by atomic mass is 16.1. The van der Waals surface area contributed by atoms with Crippen LogP contribution in [0, 0.1) is 17.8 Å². The molecule has 0 aromatic heterocycles. The summed E-state index contributed by atoms with van der Waals surface area (Å²) in [5.74, 6) is 2.27. The Morgan fingerprint density at radius 1 is 1.41 bits per heavy atom. The summed E-state index contributed by atoms with van der Waals surface area (Å²) >= 11 is 0. The summed E-state index contributed by atoms with van der Waals surface area (Å²) in [4.78, 5) is 11.5. The molecule has 98 valence electrons. The van der Waals surface area contributed by atoms with Crippen LogP contribution in [0.25, 0.3) is 0 Å². The molecular weight excluding hydrogens is 208 g/mol. The molecule has 0 aliphatic heterocycles. The molecule has 1 aliphatic rings. The molecule has 0 saturated heterocycles. The summed E-state index contributed by atoms with van der Waals surface area (Å²) in [6.07, 6.45) is 9.37. The predicted molar refractivity (Wildman–Crippen MR) is 74.0 cm³/mol. The van der Waals surface area contributed by atoms with E-state index in [9.17, 15) is 4.79 Å². The fourth-order valence-corrected chi connectivity index (χ4v) is 2.63. The molecule has 0 amide bonds. The Bertz CT molecular complexity index is 275. The van der Waals surface area contributed by atoms with Crippen LogP contribution < -0.4 is 0 Å². The average molecular weight is 236 g/mol. The van der Waals surface area contributed by atoms with Crippen molar-refractivity contribution in [1.29, 1.82) is 0 Å². The summed E-state index contributed by atoms with van der Waals surface area (Å²) in [6.45, 7) is 8.60. The Balaban J connectivity index is 2.21. The topological polar surface area (TPSA) is 17.1 Å². The number of Topliss-reactive ketones (excluding diaryl/α,β-unsaturated/α-hetero) is 1. The third-order valence-corrected chi connectivity index (χ3v) is 4.21. The lowest BCUT2D eigenvalue weighted by Gasteiger charge is -2.26. The average Bonchev–Trinajstić information content (AvgIpc) is 2.29. The monoisotopic (exact) mass is 236 g/mol. The molecule has 0 radical (unpaired) electrons. The van der Waals surface area contributed by atoms with Crippen LogP contribution >= 0.6 is 0 Å². The van der Waals surface area contributed by atoms with E-state index in [1.807, 2.05) is 13.8 Å². The fourth-order valence-electron chi connectivity index (χ4n) is 2.63. The molecule has 0 aromatic carbocycles. The van der Waals surface area contributed by atoms with Crippen molar-refractivity contribution in [3.63, 3.8) is 0 Å². The Morgan fingerprint density at radius 3 is 2.65 bits per heavy atom. The molecule has 0 saturated carbocycles. The van der Waals surface area contributed by atoms with Crippen molar-refractivity contribution in [2.45, 2.75) is 66.2 Å². The molecule has 0 aromatic rings. The lowest BCUT2D eigenvalue weighted by Crippen LogP contribution is -2.15. The van der Waals surface area contributed by atoms with Crippen LogP contribution in [0.4, 0.5) is 0 Å². The van der Waals surface area contributed by atoms with Crippen LogP contribution in [0.3, 0.4) is 0 Å². The molecule has 1 nitrogen and oxygen atoms in total. The zero-order valence-corrected chi connectivity index (χ0v) is 12.0. The molecule has 0 spiro atoms. The van der Waals surface area contributed by atoms with Crippen molar-refractivity contribution >= 4 is 5.78 Å². The summed E-state index contributed by atoms with van der Waals surface area (Å²) < 4.78 is 0. The van der Waals surface area contributed by atoms with Gasteiger partial charge in [0.25, 0.3) is 0 Å². The first kappa shape index (κ1) is 14.5. The van der Waals surface area contributed by atoms with E-state index in [0.29, 0.717) is 5.78 Å². The first-order valence-electron chi connectivity index (χ1n) is 7.19. The van der Waals surface area contributed by atoms with Crippen LogP contribution in [0.15, 0.2) is 11.6 Å². The van der Waals surface area contributed by atoms with E-state index in [-0.39, 0.29) is 5.92 Å². The quantitative estimate of drug-likeness (QED) is 0.607. The number of allylic oxidation sites excluding steroid dienone is 2. The molecule has 0 heterocycles. The van der Waals surface area contributed by atoms with Gasteiger partial charge in [-0.2, -0.15) is 0 Å². The summed E-state index contributed by atoms with van der Waals surface area (Å²) in [6, 6.07) is 0. The van der Waals surface area contributed by atoms with Gasteiger partial charge < -0.3 is 0 Å². The SMILES string of the molecule is CC1=CCC(C(C)CCCC(=O)C(C)C)CC1. The number of carbonyl (C=O) groups is 1. The Hall–Kier alpha value is -0.590. The Morgan fingerprint density at radius 2 is 2.12 bits per heavy atom. The van der Waals surface area contributed by atoms with E-state index in [4.69, 9.17) is 0 Å². The van der Waals surface area contributed by atoms with E-state index in [1.54, 1.807) is 5.57 Å². The third kappa shape index (κ3) is 5.06. The first-order chi connectivity index (χ1) is 8.00. The van der Waals surface area contributed by atoms with Gasteiger partial charge in [0, 0.05) is 12.3 Å². The molecule has 2 unspecified atom stereocenters. The smallest absolute Gasteiger partial charge is 0.135 e. The first-order valence-corrected chi connectivity index (χ1v) is 7.19. The zero-order chi connectivity index (χ0) is 12.8. The van der Waals surface area contributed by atoms with E-state index < -0.39 is 0 Å². The summed E-state index contributed by atoms with van der Waals surface area (Å²) in [7, 11) is 0. The standard InChI is InChI=1S/C16H28O/c1-12(2)16(17)7-5-6-14(4)15-10-8-13(3)9-11-15/h8,12,14-15H,5-7,9-11H2,1-4H3. The van der Waals surface area contributed by atoms with Gasteiger partial charge in [0.2, 0.25) is 0 Å². The van der Waals surface area contributed by atoms with Crippen LogP contribution in [0.5, 0.6) is 0 Å². The van der Waals surface area contributed by atoms with Crippen molar-refractivity contribution in [2.75, 3.05) is 0 Å². The minimum absolute atomic E-state index is 0.213. The van der Waals surface area contributed by atoms with Gasteiger partial charge in [0.05, 0.1) is 0 Å². The highest BCUT2D eigenvalue weighted by Gasteiger charge is 2.19. The summed E-state index contributed by atoms with van der Waals surface area (Å²) in [5.41, 5.74) is 1.56. The minimum atomic E-state index is 0.213. The van der Waals surface area contributed by atoms with Gasteiger partial charge in [-0.05, 0) is 44.4 Å². The van der Waals surface area contributed by atoms with Gasteiger partial charge >= 0.3 is 0 Å². The van der Waals surface area contributed by atoms with Crippen molar-refractivity contribution in [2.24, 2.45) is 17.8 Å². The highest BCUT2D eigenvalue weighted by Crippen LogP contribution is 2.31. The number of rotatable bonds is 6. The normalized spacial score (nSPS) is 22.4. The molecule has 1 rings (SSSR count). The number of hydrogen-bond acceptors (Lipinski definition) is 1. The molecule has 1 aliphatic carbocycles. The number of ketones is 1. The molecule has 1 heteroatoms. The van der Waals surface area contributed by atoms with Gasteiger partial charge in [-0.3, -0.25) is 4.79 Å². The lowest BCUT2D eigenvalue weighted by atomic mass is 9.79. The molecule has 2 atom stereocenters. The molecule has 0 bridgehead atoms. The van der Waals surface area contributed by atoms with Crippen LogP contribution in [0.2, 0.25) is 0 Å². The van der Waals surface area contributed by atoms with Gasteiger partial charge in [-0.1, -0.05) is 38.8 Å². The van der Waals surface area contributed by atoms with Crippen molar-refractivity contribution in [3.8, 4) is 0 Å². The molecule has 0 N–H and O–H groups in total. The van der Waals surface area contributed by atoms with Gasteiger partial charge in [-0.15, -0.1) is 0 Å². The molecular formula is C16H28O. The van der Waals surface area contributed by atoms with E-state index in [2.05, 4.69) is 19.9 Å². The maximum Gasteiger partial charge on any atom is 0.135 e. The van der Waals surface area contributed by atoms with Crippen molar-refractivity contribution in [3.05, 3.63) is 11.6 Å². The largest absolute Gasteiger partial charge is 0.299 e. The lowest BCUT2D eigenvalue weighted by molar-refractivity contribution is -0.122. The summed E-state index contributed by atoms with van der Waals surface area (Å²) in [5, 5.41) is 0. The second-order valence-corrected chi connectivity index (χ2v) is 6.08. The molecule has 17 heavy (non-hydrogen) atoms. The minimum Gasteiger partial charge on any atom is -0.299 e. The van der Waals surface area contributed by atoms with Crippen LogP contribution in [-0.4, -0.2) is 5.78 Å². The highest BCUT2D eigenvalue weighted by molar-refractivity contribution is 5.80. The van der Waals surface area contributed by atoms with Gasteiger partial charge in [-0.25, -0.2) is 0 Å². The van der Waals surface area contributed by atoms with E-state index in [0.717, 1.165) is 24.7 Å².